The fourth-order valence-corrected chi connectivity index (χ4v) is 2.65. The fourth-order valence-electron chi connectivity index (χ4n) is 1.82. The minimum atomic E-state index is -0.154. The summed E-state index contributed by atoms with van der Waals surface area (Å²) in [5.41, 5.74) is 1.94. The third-order valence-corrected chi connectivity index (χ3v) is 3.61. The average Bonchev–Trinajstić information content (AvgIpc) is 2.40. The Hall–Kier alpha value is -1.61. The van der Waals surface area contributed by atoms with Gasteiger partial charge in [0, 0.05) is 12.6 Å². The number of hydrogen-bond acceptors (Lipinski definition) is 1. The lowest BCUT2D eigenvalue weighted by atomic mass is 10.2. The van der Waals surface area contributed by atoms with Gasteiger partial charge in [0.15, 0.2) is 0 Å². The van der Waals surface area contributed by atoms with Crippen LogP contribution in [0.5, 0.6) is 0 Å². The van der Waals surface area contributed by atoms with Gasteiger partial charge in [0.25, 0.3) is 0 Å². The molecule has 0 fully saturated rings. The van der Waals surface area contributed by atoms with Crippen molar-refractivity contribution in [2.24, 2.45) is 0 Å². The number of rotatable bonds is 3. The normalized spacial score (nSPS) is 11.9. The molecule has 0 heterocycles. The molecule has 0 N–H and O–H groups in total. The smallest absolute Gasteiger partial charge is 0.225 e. The van der Waals surface area contributed by atoms with Crippen LogP contribution in [0.15, 0.2) is 60.7 Å². The van der Waals surface area contributed by atoms with E-state index in [4.69, 9.17) is 0 Å². The SMILES string of the molecule is CC(=O)N(c1ccccc1)C(Br)c1ccccc1. The van der Waals surface area contributed by atoms with Crippen molar-refractivity contribution in [2.45, 2.75) is 11.9 Å². The van der Waals surface area contributed by atoms with Crippen molar-refractivity contribution in [3.05, 3.63) is 66.2 Å². The zero-order valence-electron chi connectivity index (χ0n) is 10.1. The van der Waals surface area contributed by atoms with Gasteiger partial charge in [-0.25, -0.2) is 0 Å². The van der Waals surface area contributed by atoms with Crippen LogP contribution < -0.4 is 4.90 Å². The molecule has 1 unspecified atom stereocenters. The summed E-state index contributed by atoms with van der Waals surface area (Å²) in [4.78, 5) is 13.4. The average molecular weight is 304 g/mol. The Morgan fingerprint density at radius 2 is 1.50 bits per heavy atom. The van der Waals surface area contributed by atoms with Crippen LogP contribution >= 0.6 is 15.9 Å². The third kappa shape index (κ3) is 2.79. The lowest BCUT2D eigenvalue weighted by molar-refractivity contribution is -0.116. The molecule has 0 saturated carbocycles. The van der Waals surface area contributed by atoms with E-state index in [0.717, 1.165) is 11.3 Å². The van der Waals surface area contributed by atoms with E-state index in [1.165, 1.54) is 0 Å². The molecule has 1 amide bonds. The first-order valence-corrected chi connectivity index (χ1v) is 6.65. The maximum Gasteiger partial charge on any atom is 0.225 e. The molecule has 0 spiro atoms. The summed E-state index contributed by atoms with van der Waals surface area (Å²) in [7, 11) is 0. The molecule has 92 valence electrons. The van der Waals surface area contributed by atoms with E-state index in [9.17, 15) is 4.79 Å². The number of hydrogen-bond donors (Lipinski definition) is 0. The largest absolute Gasteiger partial charge is 0.295 e. The number of alkyl halides is 1. The van der Waals surface area contributed by atoms with Crippen molar-refractivity contribution in [3.8, 4) is 0 Å². The topological polar surface area (TPSA) is 20.3 Å². The fraction of sp³-hybridized carbons (Fsp3) is 0.133. The molecule has 0 bridgehead atoms. The van der Waals surface area contributed by atoms with Crippen LogP contribution in [0, 0.1) is 0 Å². The number of halogens is 1. The highest BCUT2D eigenvalue weighted by atomic mass is 79.9. The second kappa shape index (κ2) is 5.83. The quantitative estimate of drug-likeness (QED) is 0.616. The summed E-state index contributed by atoms with van der Waals surface area (Å²) in [5.74, 6) is 0.00641. The van der Waals surface area contributed by atoms with Crippen molar-refractivity contribution < 1.29 is 4.79 Å². The van der Waals surface area contributed by atoms with Gasteiger partial charge in [-0.1, -0.05) is 64.5 Å². The summed E-state index contributed by atoms with van der Waals surface area (Å²) >= 11 is 3.59. The molecule has 3 heteroatoms. The number of para-hydroxylation sites is 1. The molecule has 2 aromatic carbocycles. The molecule has 0 saturated heterocycles. The number of benzene rings is 2. The summed E-state index contributed by atoms with van der Waals surface area (Å²) < 4.78 is 0. The monoisotopic (exact) mass is 303 g/mol. The number of carbonyl (C=O) groups is 1. The number of nitrogens with zero attached hydrogens (tertiary/aromatic N) is 1. The van der Waals surface area contributed by atoms with Crippen LogP contribution in [0.1, 0.15) is 17.4 Å². The van der Waals surface area contributed by atoms with E-state index >= 15 is 0 Å². The first-order chi connectivity index (χ1) is 8.70. The van der Waals surface area contributed by atoms with Crippen LogP contribution in [0.2, 0.25) is 0 Å². The molecule has 2 rings (SSSR count). The predicted octanol–water partition coefficient (Wildman–Crippen LogP) is 4.13. The van der Waals surface area contributed by atoms with Crippen molar-refractivity contribution in [1.82, 2.24) is 0 Å². The molecule has 18 heavy (non-hydrogen) atoms. The molecule has 0 radical (unpaired) electrons. The van der Waals surface area contributed by atoms with Crippen LogP contribution in [0.4, 0.5) is 5.69 Å². The Labute approximate surface area is 115 Å². The summed E-state index contributed by atoms with van der Waals surface area (Å²) in [6.45, 7) is 1.57. The van der Waals surface area contributed by atoms with Crippen LogP contribution in [0.3, 0.4) is 0 Å². The molecule has 1 atom stereocenters. The summed E-state index contributed by atoms with van der Waals surface area (Å²) in [6.07, 6.45) is 0. The zero-order valence-corrected chi connectivity index (χ0v) is 11.7. The first-order valence-electron chi connectivity index (χ1n) is 5.74. The molecule has 2 nitrogen and oxygen atoms in total. The highest BCUT2D eigenvalue weighted by molar-refractivity contribution is 9.09. The highest BCUT2D eigenvalue weighted by Crippen LogP contribution is 2.31. The maximum atomic E-state index is 11.9. The van der Waals surface area contributed by atoms with Gasteiger partial charge in [0.05, 0.1) is 0 Å². The Bertz CT molecular complexity index is 513. The number of amides is 1. The second-order valence-corrected chi connectivity index (χ2v) is 4.84. The molecule has 0 aromatic heterocycles. The van der Waals surface area contributed by atoms with Gasteiger partial charge < -0.3 is 0 Å². The van der Waals surface area contributed by atoms with Gasteiger partial charge in [-0.3, -0.25) is 9.69 Å². The highest BCUT2D eigenvalue weighted by Gasteiger charge is 2.21. The van der Waals surface area contributed by atoms with Crippen molar-refractivity contribution in [2.75, 3.05) is 4.90 Å². The summed E-state index contributed by atoms with van der Waals surface area (Å²) in [6, 6.07) is 19.5. The van der Waals surface area contributed by atoms with Gasteiger partial charge in [0.2, 0.25) is 5.91 Å². The van der Waals surface area contributed by atoms with Gasteiger partial charge in [-0.05, 0) is 17.7 Å². The van der Waals surface area contributed by atoms with E-state index in [1.54, 1.807) is 11.8 Å². The lowest BCUT2D eigenvalue weighted by Crippen LogP contribution is -2.29. The molecular formula is C15H14BrNO. The third-order valence-electron chi connectivity index (χ3n) is 2.67. The molecule has 0 aliphatic rings. The second-order valence-electron chi connectivity index (χ2n) is 3.97. The van der Waals surface area contributed by atoms with Crippen LogP contribution in [-0.4, -0.2) is 5.91 Å². The Kier molecular flexibility index (Phi) is 4.15. The molecule has 0 aliphatic heterocycles. The van der Waals surface area contributed by atoms with E-state index < -0.39 is 0 Å². The minimum Gasteiger partial charge on any atom is -0.295 e. The van der Waals surface area contributed by atoms with Gasteiger partial charge in [-0.15, -0.1) is 0 Å². The Morgan fingerprint density at radius 3 is 2.00 bits per heavy atom. The van der Waals surface area contributed by atoms with Crippen LogP contribution in [0.25, 0.3) is 0 Å². The van der Waals surface area contributed by atoms with Crippen LogP contribution in [-0.2, 0) is 4.79 Å². The minimum absolute atomic E-state index is 0.00641. The zero-order chi connectivity index (χ0) is 13.0. The van der Waals surface area contributed by atoms with Crippen molar-refractivity contribution in [3.63, 3.8) is 0 Å². The Morgan fingerprint density at radius 1 is 1.00 bits per heavy atom. The molecule has 2 aromatic rings. The number of carbonyl (C=O) groups excluding carboxylic acids is 1. The summed E-state index contributed by atoms with van der Waals surface area (Å²) in [5, 5.41) is 0. The number of anilines is 1. The first kappa shape index (κ1) is 12.8. The van der Waals surface area contributed by atoms with Gasteiger partial charge in [-0.2, -0.15) is 0 Å². The van der Waals surface area contributed by atoms with Crippen molar-refractivity contribution >= 4 is 27.5 Å². The lowest BCUT2D eigenvalue weighted by Gasteiger charge is -2.27. The van der Waals surface area contributed by atoms with E-state index in [-0.39, 0.29) is 10.9 Å². The predicted molar refractivity (Wildman–Crippen MR) is 77.7 cm³/mol. The van der Waals surface area contributed by atoms with E-state index in [2.05, 4.69) is 15.9 Å². The molecular weight excluding hydrogens is 290 g/mol. The Balaban J connectivity index is 2.35. The molecule has 0 aliphatic carbocycles. The van der Waals surface area contributed by atoms with Gasteiger partial charge in [0.1, 0.15) is 4.95 Å². The van der Waals surface area contributed by atoms with Crippen molar-refractivity contribution in [1.29, 1.82) is 0 Å². The van der Waals surface area contributed by atoms with E-state index in [1.807, 2.05) is 60.7 Å². The van der Waals surface area contributed by atoms with Gasteiger partial charge >= 0.3 is 0 Å². The van der Waals surface area contributed by atoms with E-state index in [0.29, 0.717) is 0 Å². The maximum absolute atomic E-state index is 11.9. The standard InChI is InChI=1S/C15H14BrNO/c1-12(18)17(14-10-6-3-7-11-14)15(16)13-8-4-2-5-9-13/h2-11,15H,1H3.